The summed E-state index contributed by atoms with van der Waals surface area (Å²) in [6.07, 6.45) is 1.84. The van der Waals surface area contributed by atoms with E-state index >= 15 is 0 Å². The molecule has 3 amide bonds. The molecule has 0 fully saturated rings. The number of amides is 3. The lowest BCUT2D eigenvalue weighted by atomic mass is 10.0. The van der Waals surface area contributed by atoms with Crippen molar-refractivity contribution in [2.75, 3.05) is 13.1 Å². The number of carboxylic acids is 1. The molecule has 0 aliphatic heterocycles. The first-order valence-electron chi connectivity index (χ1n) is 11.4. The average Bonchev–Trinajstić information content (AvgIpc) is 3.23. The quantitative estimate of drug-likeness (QED) is 0.149. The second kappa shape index (κ2) is 13.4. The molecule has 2 aromatic rings. The van der Waals surface area contributed by atoms with Gasteiger partial charge in [0.15, 0.2) is 6.04 Å². The maximum atomic E-state index is 13.1. The zero-order chi connectivity index (χ0) is 26.0. The van der Waals surface area contributed by atoms with Gasteiger partial charge in [-0.25, -0.2) is 4.79 Å². The summed E-state index contributed by atoms with van der Waals surface area (Å²) in [7, 11) is 0. The first-order chi connectivity index (χ1) is 16.7. The topological polar surface area (TPSA) is 213 Å². The van der Waals surface area contributed by atoms with Crippen molar-refractivity contribution in [3.63, 3.8) is 0 Å². The number of rotatable bonds is 14. The number of aromatic amines is 1. The summed E-state index contributed by atoms with van der Waals surface area (Å²) in [6.45, 7) is 1.34. The number of hydrogen-bond donors (Lipinski definition) is 8. The number of carbonyl (C=O) groups excluding carboxylic acids is 3. The average molecular weight is 491 g/mol. The van der Waals surface area contributed by atoms with Gasteiger partial charge in [0, 0.05) is 23.5 Å². The SMILES string of the molecule is CC(O)C(NC(=O)C(Cc1c[nH]c2ccccc12)NC(=O)C(CCCCN)NC(=O)CN)C(=O)O. The minimum absolute atomic E-state index is 0.0358. The Balaban J connectivity index is 2.29. The fraction of sp³-hybridized carbons (Fsp3) is 0.478. The number of nitrogens with one attached hydrogen (secondary N) is 4. The molecule has 0 aliphatic rings. The Labute approximate surface area is 202 Å². The normalized spacial score (nSPS) is 14.5. The number of nitrogens with two attached hydrogens (primary N) is 2. The molecule has 0 saturated heterocycles. The van der Waals surface area contributed by atoms with Gasteiger partial charge in [0.05, 0.1) is 12.6 Å². The molecule has 0 spiro atoms. The van der Waals surface area contributed by atoms with Gasteiger partial charge >= 0.3 is 5.97 Å². The first kappa shape index (κ1) is 27.8. The largest absolute Gasteiger partial charge is 0.480 e. The molecule has 2 rings (SSSR count). The van der Waals surface area contributed by atoms with Crippen molar-refractivity contribution in [2.45, 2.75) is 56.8 Å². The molecule has 12 heteroatoms. The Kier molecular flexibility index (Phi) is 10.6. The number of hydrogen-bond acceptors (Lipinski definition) is 7. The molecule has 4 unspecified atom stereocenters. The molecule has 1 heterocycles. The van der Waals surface area contributed by atoms with Crippen LogP contribution in [-0.4, -0.2) is 76.2 Å². The molecule has 35 heavy (non-hydrogen) atoms. The van der Waals surface area contributed by atoms with Crippen molar-refractivity contribution in [3.05, 3.63) is 36.0 Å². The van der Waals surface area contributed by atoms with Crippen LogP contribution in [0.4, 0.5) is 0 Å². The number of carbonyl (C=O) groups is 4. The fourth-order valence-corrected chi connectivity index (χ4v) is 3.66. The number of carboxylic acid groups (broad SMARTS) is 1. The van der Waals surface area contributed by atoms with Gasteiger partial charge in [-0.15, -0.1) is 0 Å². The lowest BCUT2D eigenvalue weighted by molar-refractivity contribution is -0.145. The number of para-hydroxylation sites is 1. The van der Waals surface area contributed by atoms with Crippen LogP contribution in [0.15, 0.2) is 30.5 Å². The molecule has 0 radical (unpaired) electrons. The molecule has 1 aromatic heterocycles. The van der Waals surface area contributed by atoms with Crippen LogP contribution in [0.25, 0.3) is 10.9 Å². The fourth-order valence-electron chi connectivity index (χ4n) is 3.66. The van der Waals surface area contributed by atoms with E-state index in [2.05, 4.69) is 20.9 Å². The predicted octanol–water partition coefficient (Wildman–Crippen LogP) is -1.28. The third-order valence-electron chi connectivity index (χ3n) is 5.56. The van der Waals surface area contributed by atoms with Gasteiger partial charge in [-0.1, -0.05) is 18.2 Å². The van der Waals surface area contributed by atoms with Crippen LogP contribution in [-0.2, 0) is 25.6 Å². The number of unbranched alkanes of at least 4 members (excludes halogenated alkanes) is 1. The first-order valence-corrected chi connectivity index (χ1v) is 11.4. The minimum Gasteiger partial charge on any atom is -0.480 e. The number of fused-ring (bicyclic) bond motifs is 1. The van der Waals surface area contributed by atoms with E-state index in [-0.39, 0.29) is 19.4 Å². The van der Waals surface area contributed by atoms with E-state index in [9.17, 15) is 29.4 Å². The van der Waals surface area contributed by atoms with Gasteiger partial charge in [-0.05, 0) is 44.4 Å². The van der Waals surface area contributed by atoms with Gasteiger partial charge in [-0.2, -0.15) is 0 Å². The summed E-state index contributed by atoms with van der Waals surface area (Å²) in [5.74, 6) is -3.36. The second-order valence-corrected chi connectivity index (χ2v) is 8.30. The second-order valence-electron chi connectivity index (χ2n) is 8.30. The molecule has 0 aliphatic carbocycles. The maximum absolute atomic E-state index is 13.1. The van der Waals surface area contributed by atoms with Crippen LogP contribution in [0.3, 0.4) is 0 Å². The van der Waals surface area contributed by atoms with Crippen molar-refractivity contribution in [3.8, 4) is 0 Å². The standard InChI is InChI=1S/C23H34N6O6/c1-13(30)20(23(34)35)29-22(33)18(10-14-12-26-16-7-3-2-6-15(14)16)28-21(32)17(8-4-5-9-24)27-19(31)11-25/h2-3,6-7,12-13,17-18,20,26,30H,4-5,8-11,24-25H2,1H3,(H,27,31)(H,28,32)(H,29,33)(H,34,35). The van der Waals surface area contributed by atoms with Crippen LogP contribution in [0.5, 0.6) is 0 Å². The van der Waals surface area contributed by atoms with Gasteiger partial charge in [0.2, 0.25) is 17.7 Å². The lowest BCUT2D eigenvalue weighted by Gasteiger charge is -2.25. The molecular formula is C23H34N6O6. The molecular weight excluding hydrogens is 456 g/mol. The summed E-state index contributed by atoms with van der Waals surface area (Å²) in [5, 5.41) is 27.4. The number of benzene rings is 1. The van der Waals surface area contributed by atoms with Crippen molar-refractivity contribution >= 4 is 34.6 Å². The van der Waals surface area contributed by atoms with Crippen LogP contribution < -0.4 is 27.4 Å². The predicted molar refractivity (Wildman–Crippen MR) is 129 cm³/mol. The number of aliphatic hydroxyl groups is 1. The summed E-state index contributed by atoms with van der Waals surface area (Å²) < 4.78 is 0. The number of aromatic nitrogens is 1. The number of aliphatic hydroxyl groups excluding tert-OH is 1. The van der Waals surface area contributed by atoms with Gasteiger partial charge in [-0.3, -0.25) is 14.4 Å². The maximum Gasteiger partial charge on any atom is 0.328 e. The summed E-state index contributed by atoms with van der Waals surface area (Å²) in [6, 6.07) is 3.68. The Morgan fingerprint density at radius 1 is 1.00 bits per heavy atom. The molecule has 0 bridgehead atoms. The molecule has 0 saturated carbocycles. The highest BCUT2D eigenvalue weighted by Crippen LogP contribution is 2.19. The summed E-state index contributed by atoms with van der Waals surface area (Å²) in [5.41, 5.74) is 12.4. The molecule has 10 N–H and O–H groups in total. The van der Waals surface area contributed by atoms with E-state index in [0.717, 1.165) is 16.5 Å². The van der Waals surface area contributed by atoms with Gasteiger partial charge in [0.1, 0.15) is 12.1 Å². The highest BCUT2D eigenvalue weighted by Gasteiger charge is 2.31. The van der Waals surface area contributed by atoms with Gasteiger partial charge < -0.3 is 42.6 Å². The van der Waals surface area contributed by atoms with E-state index in [1.165, 1.54) is 6.92 Å². The highest BCUT2D eigenvalue weighted by molar-refractivity contribution is 5.94. The smallest absolute Gasteiger partial charge is 0.328 e. The third-order valence-corrected chi connectivity index (χ3v) is 5.56. The molecule has 1 aromatic carbocycles. The van der Waals surface area contributed by atoms with Crippen molar-refractivity contribution < 1.29 is 29.4 Å². The molecule has 192 valence electrons. The number of aliphatic carboxylic acids is 1. The van der Waals surface area contributed by atoms with E-state index in [4.69, 9.17) is 11.5 Å². The molecule has 4 atom stereocenters. The van der Waals surface area contributed by atoms with E-state index < -0.39 is 47.9 Å². The third kappa shape index (κ3) is 8.05. The monoisotopic (exact) mass is 490 g/mol. The zero-order valence-electron chi connectivity index (χ0n) is 19.6. The van der Waals surface area contributed by atoms with Crippen molar-refractivity contribution in [1.82, 2.24) is 20.9 Å². The van der Waals surface area contributed by atoms with Gasteiger partial charge in [0.25, 0.3) is 0 Å². The Morgan fingerprint density at radius 3 is 2.31 bits per heavy atom. The van der Waals surface area contributed by atoms with Crippen LogP contribution >= 0.6 is 0 Å². The van der Waals surface area contributed by atoms with E-state index in [0.29, 0.717) is 19.4 Å². The highest BCUT2D eigenvalue weighted by atomic mass is 16.4. The molecule has 12 nitrogen and oxygen atoms in total. The zero-order valence-corrected chi connectivity index (χ0v) is 19.6. The van der Waals surface area contributed by atoms with Crippen molar-refractivity contribution in [2.24, 2.45) is 11.5 Å². The Hall–Kier alpha value is -3.48. The lowest BCUT2D eigenvalue weighted by Crippen LogP contribution is -2.58. The van der Waals surface area contributed by atoms with Crippen LogP contribution in [0.1, 0.15) is 31.7 Å². The van der Waals surface area contributed by atoms with Crippen LogP contribution in [0.2, 0.25) is 0 Å². The Morgan fingerprint density at radius 2 is 1.69 bits per heavy atom. The summed E-state index contributed by atoms with van der Waals surface area (Å²) in [4.78, 5) is 52.6. The van der Waals surface area contributed by atoms with Crippen molar-refractivity contribution in [1.29, 1.82) is 0 Å². The Bertz CT molecular complexity index is 1020. The van der Waals surface area contributed by atoms with Crippen LogP contribution in [0, 0.1) is 0 Å². The van der Waals surface area contributed by atoms with E-state index in [1.807, 2.05) is 24.3 Å². The number of H-pyrrole nitrogens is 1. The van der Waals surface area contributed by atoms with E-state index in [1.54, 1.807) is 6.20 Å². The minimum atomic E-state index is -1.57. The summed E-state index contributed by atoms with van der Waals surface area (Å²) >= 11 is 0.